The molecule has 2 N–H and O–H groups in total. The van der Waals surface area contributed by atoms with Crippen molar-refractivity contribution in [2.45, 2.75) is 20.3 Å². The van der Waals surface area contributed by atoms with E-state index in [1.807, 2.05) is 13.0 Å². The lowest BCUT2D eigenvalue weighted by atomic mass is 9.89. The second-order valence-corrected chi connectivity index (χ2v) is 5.98. The molecule has 0 amide bonds. The van der Waals surface area contributed by atoms with E-state index >= 15 is 0 Å². The van der Waals surface area contributed by atoms with E-state index in [4.69, 9.17) is 4.74 Å². The van der Waals surface area contributed by atoms with E-state index in [1.54, 1.807) is 13.1 Å². The Morgan fingerprint density at radius 1 is 1.38 bits per heavy atom. The van der Waals surface area contributed by atoms with Gasteiger partial charge in [-0.3, -0.25) is 4.99 Å². The predicted molar refractivity (Wildman–Crippen MR) is 83.1 cm³/mol. The fourth-order valence-electron chi connectivity index (χ4n) is 2.33. The molecule has 0 radical (unpaired) electrons. The Kier molecular flexibility index (Phi) is 5.17. The van der Waals surface area contributed by atoms with Crippen LogP contribution in [0.5, 0.6) is 0 Å². The van der Waals surface area contributed by atoms with Crippen LogP contribution in [-0.2, 0) is 11.2 Å². The van der Waals surface area contributed by atoms with Crippen LogP contribution >= 0.6 is 0 Å². The first-order valence-electron chi connectivity index (χ1n) is 7.30. The third-order valence-corrected chi connectivity index (χ3v) is 3.80. The molecule has 0 bridgehead atoms. The lowest BCUT2D eigenvalue weighted by Gasteiger charge is -2.38. The smallest absolute Gasteiger partial charge is 0.191 e. The van der Waals surface area contributed by atoms with Crippen LogP contribution in [-0.4, -0.2) is 39.3 Å². The number of halogens is 1. The molecule has 0 spiro atoms. The lowest BCUT2D eigenvalue weighted by Crippen LogP contribution is -2.51. The summed E-state index contributed by atoms with van der Waals surface area (Å²) in [7, 11) is 1.76. The standard InChI is InChI=1S/C16H24FN3O/c1-12-8-14(17)5-4-13(12)6-7-19-15(18-3)20-9-16(2)10-21-11-16/h4-5,8H,6-7,9-11H2,1-3H3,(H2,18,19,20). The van der Waals surface area contributed by atoms with Crippen molar-refractivity contribution in [3.05, 3.63) is 35.1 Å². The minimum atomic E-state index is -0.183. The number of nitrogens with zero attached hydrogens (tertiary/aromatic N) is 1. The molecule has 5 heteroatoms. The van der Waals surface area contributed by atoms with Gasteiger partial charge in [0.2, 0.25) is 0 Å². The van der Waals surface area contributed by atoms with Crippen LogP contribution < -0.4 is 10.6 Å². The van der Waals surface area contributed by atoms with E-state index in [2.05, 4.69) is 22.5 Å². The first kappa shape index (κ1) is 15.8. The molecule has 4 nitrogen and oxygen atoms in total. The fourth-order valence-corrected chi connectivity index (χ4v) is 2.33. The SMILES string of the molecule is CN=C(NCCc1ccc(F)cc1C)NCC1(C)COC1. The van der Waals surface area contributed by atoms with E-state index in [0.717, 1.165) is 49.8 Å². The highest BCUT2D eigenvalue weighted by molar-refractivity contribution is 5.79. The molecule has 1 aliphatic heterocycles. The summed E-state index contributed by atoms with van der Waals surface area (Å²) in [5, 5.41) is 6.61. The highest BCUT2D eigenvalue weighted by Crippen LogP contribution is 2.24. The third kappa shape index (κ3) is 4.43. The van der Waals surface area contributed by atoms with Gasteiger partial charge in [0.15, 0.2) is 5.96 Å². The molecule has 0 saturated carbocycles. The fraction of sp³-hybridized carbons (Fsp3) is 0.562. The van der Waals surface area contributed by atoms with Crippen molar-refractivity contribution in [3.8, 4) is 0 Å². The maximum absolute atomic E-state index is 13.0. The number of guanidine groups is 1. The maximum atomic E-state index is 13.0. The Morgan fingerprint density at radius 2 is 2.14 bits per heavy atom. The average Bonchev–Trinajstić information content (AvgIpc) is 2.42. The van der Waals surface area contributed by atoms with Crippen LogP contribution in [0.25, 0.3) is 0 Å². The van der Waals surface area contributed by atoms with Gasteiger partial charge in [0.1, 0.15) is 5.82 Å². The van der Waals surface area contributed by atoms with Crippen LogP contribution in [0.3, 0.4) is 0 Å². The summed E-state index contributed by atoms with van der Waals surface area (Å²) in [6, 6.07) is 4.92. The van der Waals surface area contributed by atoms with Gasteiger partial charge in [-0.05, 0) is 36.6 Å². The molecule has 0 unspecified atom stereocenters. The van der Waals surface area contributed by atoms with Crippen LogP contribution in [0, 0.1) is 18.2 Å². The monoisotopic (exact) mass is 293 g/mol. The molecular weight excluding hydrogens is 269 g/mol. The second-order valence-electron chi connectivity index (χ2n) is 5.98. The van der Waals surface area contributed by atoms with Gasteiger partial charge in [-0.1, -0.05) is 13.0 Å². The lowest BCUT2D eigenvalue weighted by molar-refractivity contribution is -0.0971. The van der Waals surface area contributed by atoms with Gasteiger partial charge >= 0.3 is 0 Å². The first-order valence-corrected chi connectivity index (χ1v) is 7.30. The van der Waals surface area contributed by atoms with Crippen molar-refractivity contribution in [1.82, 2.24) is 10.6 Å². The van der Waals surface area contributed by atoms with Crippen LogP contribution in [0.4, 0.5) is 4.39 Å². The maximum Gasteiger partial charge on any atom is 0.191 e. The molecule has 0 aliphatic carbocycles. The molecule has 1 aromatic rings. The van der Waals surface area contributed by atoms with Crippen molar-refractivity contribution >= 4 is 5.96 Å². The second kappa shape index (κ2) is 6.89. The van der Waals surface area contributed by atoms with E-state index < -0.39 is 0 Å². The summed E-state index contributed by atoms with van der Waals surface area (Å²) in [4.78, 5) is 4.21. The highest BCUT2D eigenvalue weighted by atomic mass is 19.1. The number of nitrogens with one attached hydrogen (secondary N) is 2. The largest absolute Gasteiger partial charge is 0.380 e. The van der Waals surface area contributed by atoms with E-state index in [9.17, 15) is 4.39 Å². The summed E-state index contributed by atoms with van der Waals surface area (Å²) in [6.07, 6.45) is 0.840. The van der Waals surface area contributed by atoms with Gasteiger partial charge in [-0.25, -0.2) is 4.39 Å². The van der Waals surface area contributed by atoms with E-state index in [1.165, 1.54) is 6.07 Å². The summed E-state index contributed by atoms with van der Waals surface area (Å²) in [6.45, 7) is 7.33. The average molecular weight is 293 g/mol. The van der Waals surface area contributed by atoms with Crippen LogP contribution in [0.2, 0.25) is 0 Å². The Hall–Kier alpha value is -1.62. The van der Waals surface area contributed by atoms with Gasteiger partial charge < -0.3 is 15.4 Å². The van der Waals surface area contributed by atoms with Crippen molar-refractivity contribution < 1.29 is 9.13 Å². The Balaban J connectivity index is 1.75. The molecule has 2 rings (SSSR count). The topological polar surface area (TPSA) is 45.7 Å². The molecule has 1 heterocycles. The first-order chi connectivity index (χ1) is 10.0. The zero-order chi connectivity index (χ0) is 15.3. The molecule has 0 aromatic heterocycles. The number of hydrogen-bond donors (Lipinski definition) is 2. The Labute approximate surface area is 125 Å². The predicted octanol–water partition coefficient (Wildman–Crippen LogP) is 1.88. The van der Waals surface area contributed by atoms with E-state index in [-0.39, 0.29) is 11.2 Å². The zero-order valence-corrected chi connectivity index (χ0v) is 13.0. The summed E-state index contributed by atoms with van der Waals surface area (Å²) in [5.74, 6) is 0.612. The molecule has 0 atom stereocenters. The van der Waals surface area contributed by atoms with Gasteiger partial charge in [-0.15, -0.1) is 0 Å². The van der Waals surface area contributed by atoms with Gasteiger partial charge in [-0.2, -0.15) is 0 Å². The highest BCUT2D eigenvalue weighted by Gasteiger charge is 2.33. The third-order valence-electron chi connectivity index (χ3n) is 3.80. The van der Waals surface area contributed by atoms with Crippen molar-refractivity contribution in [3.63, 3.8) is 0 Å². The van der Waals surface area contributed by atoms with Crippen LogP contribution in [0.15, 0.2) is 23.2 Å². The minimum Gasteiger partial charge on any atom is -0.380 e. The van der Waals surface area contributed by atoms with Gasteiger partial charge in [0.25, 0.3) is 0 Å². The molecule has 1 fully saturated rings. The number of hydrogen-bond acceptors (Lipinski definition) is 2. The minimum absolute atomic E-state index is 0.183. The van der Waals surface area contributed by atoms with Crippen molar-refractivity contribution in [2.24, 2.45) is 10.4 Å². The Morgan fingerprint density at radius 3 is 2.71 bits per heavy atom. The van der Waals surface area contributed by atoms with Gasteiger partial charge in [0, 0.05) is 25.6 Å². The number of aryl methyl sites for hydroxylation is 1. The molecule has 21 heavy (non-hydrogen) atoms. The zero-order valence-electron chi connectivity index (χ0n) is 13.0. The summed E-state index contributed by atoms with van der Waals surface area (Å²) in [5.41, 5.74) is 2.35. The van der Waals surface area contributed by atoms with E-state index in [0.29, 0.717) is 0 Å². The Bertz CT molecular complexity index is 512. The van der Waals surface area contributed by atoms with Gasteiger partial charge in [0.05, 0.1) is 13.2 Å². The summed E-state index contributed by atoms with van der Waals surface area (Å²) >= 11 is 0. The number of aliphatic imine (C=N–C) groups is 1. The van der Waals surface area contributed by atoms with Crippen LogP contribution in [0.1, 0.15) is 18.1 Å². The quantitative estimate of drug-likeness (QED) is 0.643. The molecular formula is C16H24FN3O. The van der Waals surface area contributed by atoms with Crippen molar-refractivity contribution in [2.75, 3.05) is 33.4 Å². The summed E-state index contributed by atoms with van der Waals surface area (Å²) < 4.78 is 18.3. The van der Waals surface area contributed by atoms with Crippen molar-refractivity contribution in [1.29, 1.82) is 0 Å². The molecule has 1 aliphatic rings. The molecule has 1 saturated heterocycles. The molecule has 116 valence electrons. The number of rotatable bonds is 5. The normalized spacial score (nSPS) is 17.2. The number of benzene rings is 1. The number of ether oxygens (including phenoxy) is 1. The molecule has 1 aromatic carbocycles.